The van der Waals surface area contributed by atoms with Gasteiger partial charge in [-0.05, 0) is 18.6 Å². The lowest BCUT2D eigenvalue weighted by atomic mass is 10.1. The molecule has 0 radical (unpaired) electrons. The number of carbonyl (C=O) groups is 1. The van der Waals surface area contributed by atoms with Crippen LogP contribution in [0.5, 0.6) is 0 Å². The van der Waals surface area contributed by atoms with E-state index in [1.165, 1.54) is 0 Å². The van der Waals surface area contributed by atoms with Gasteiger partial charge in [0.05, 0.1) is 16.6 Å². The van der Waals surface area contributed by atoms with Crippen molar-refractivity contribution in [3.05, 3.63) is 40.2 Å². The van der Waals surface area contributed by atoms with Gasteiger partial charge in [0, 0.05) is 0 Å². The van der Waals surface area contributed by atoms with Crippen molar-refractivity contribution < 1.29 is 13.6 Å². The van der Waals surface area contributed by atoms with Gasteiger partial charge in [-0.2, -0.15) is 5.21 Å². The topological polar surface area (TPSA) is 83.6 Å². The smallest absolute Gasteiger partial charge is 0.253 e. The zero-order valence-electron chi connectivity index (χ0n) is 11.0. The lowest BCUT2D eigenvalue weighted by Gasteiger charge is -2.15. The van der Waals surface area contributed by atoms with Gasteiger partial charge in [0.2, 0.25) is 0 Å². The molecule has 0 spiro atoms. The summed E-state index contributed by atoms with van der Waals surface area (Å²) in [6.45, 7) is 1.92. The van der Waals surface area contributed by atoms with Gasteiger partial charge < -0.3 is 5.32 Å². The molecule has 0 fully saturated rings. The Balaban J connectivity index is 2.21. The number of nitrogens with one attached hydrogen (secondary N) is 2. The van der Waals surface area contributed by atoms with Crippen molar-refractivity contribution in [2.45, 2.75) is 25.8 Å². The van der Waals surface area contributed by atoms with Crippen molar-refractivity contribution in [3.63, 3.8) is 0 Å². The number of benzene rings is 1. The molecule has 1 unspecified atom stereocenters. The number of hydrogen-bond donors (Lipinski definition) is 2. The molecule has 1 atom stereocenters. The van der Waals surface area contributed by atoms with Gasteiger partial charge in [-0.1, -0.05) is 30.2 Å². The highest BCUT2D eigenvalue weighted by Gasteiger charge is 2.21. The second kappa shape index (κ2) is 6.57. The summed E-state index contributed by atoms with van der Waals surface area (Å²) in [6.07, 6.45) is 1.32. The summed E-state index contributed by atoms with van der Waals surface area (Å²) in [5.41, 5.74) is -0.153. The average molecular weight is 316 g/mol. The van der Waals surface area contributed by atoms with E-state index in [1.807, 2.05) is 6.92 Å². The van der Waals surface area contributed by atoms with Crippen molar-refractivity contribution in [1.82, 2.24) is 25.9 Å². The maximum Gasteiger partial charge on any atom is 0.253 e. The largest absolute Gasteiger partial charge is 0.342 e. The highest BCUT2D eigenvalue weighted by atomic mass is 35.5. The second-order valence-electron chi connectivity index (χ2n) is 4.33. The molecule has 2 N–H and O–H groups in total. The molecule has 0 aliphatic heterocycles. The quantitative estimate of drug-likeness (QED) is 0.830. The Kier molecular flexibility index (Phi) is 4.79. The highest BCUT2D eigenvalue weighted by molar-refractivity contribution is 6.33. The summed E-state index contributed by atoms with van der Waals surface area (Å²) in [6, 6.07) is 1.02. The minimum absolute atomic E-state index is 0.153. The van der Waals surface area contributed by atoms with Crippen molar-refractivity contribution >= 4 is 17.5 Å². The van der Waals surface area contributed by atoms with Crippen LogP contribution in [0.15, 0.2) is 12.1 Å². The van der Waals surface area contributed by atoms with E-state index in [2.05, 4.69) is 25.9 Å². The fraction of sp³-hybridized carbons (Fsp3) is 0.333. The summed E-state index contributed by atoms with van der Waals surface area (Å²) in [5.74, 6) is -2.58. The minimum atomic E-state index is -1.14. The van der Waals surface area contributed by atoms with E-state index in [1.54, 1.807) is 0 Å². The molecule has 2 aromatic rings. The van der Waals surface area contributed by atoms with Gasteiger partial charge in [0.25, 0.3) is 5.91 Å². The zero-order valence-corrected chi connectivity index (χ0v) is 11.8. The van der Waals surface area contributed by atoms with E-state index in [0.717, 1.165) is 18.6 Å². The van der Waals surface area contributed by atoms with E-state index in [0.29, 0.717) is 12.2 Å². The molecule has 0 aliphatic carbocycles. The molecule has 1 heterocycles. The van der Waals surface area contributed by atoms with Crippen molar-refractivity contribution in [3.8, 4) is 0 Å². The lowest BCUT2D eigenvalue weighted by molar-refractivity contribution is 0.0932. The maximum atomic E-state index is 13.2. The predicted molar refractivity (Wildman–Crippen MR) is 70.7 cm³/mol. The minimum Gasteiger partial charge on any atom is -0.342 e. The summed E-state index contributed by atoms with van der Waals surface area (Å²) < 4.78 is 26.2. The molecule has 1 aromatic heterocycles. The number of amides is 1. The summed E-state index contributed by atoms with van der Waals surface area (Å²) in [4.78, 5) is 12.1. The van der Waals surface area contributed by atoms with E-state index >= 15 is 0 Å². The Hall–Kier alpha value is -2.09. The van der Waals surface area contributed by atoms with Crippen LogP contribution in [0.25, 0.3) is 0 Å². The van der Waals surface area contributed by atoms with E-state index in [-0.39, 0.29) is 10.6 Å². The normalized spacial score (nSPS) is 12.2. The van der Waals surface area contributed by atoms with Crippen LogP contribution in [0.1, 0.15) is 42.0 Å². The van der Waals surface area contributed by atoms with E-state index in [4.69, 9.17) is 11.6 Å². The summed E-state index contributed by atoms with van der Waals surface area (Å²) in [5, 5.41) is 15.8. The molecule has 0 saturated carbocycles. The number of rotatable bonds is 5. The molecule has 0 saturated heterocycles. The van der Waals surface area contributed by atoms with Crippen LogP contribution in [0.4, 0.5) is 8.78 Å². The first kappa shape index (κ1) is 15.3. The van der Waals surface area contributed by atoms with Gasteiger partial charge in [-0.15, -0.1) is 10.2 Å². The van der Waals surface area contributed by atoms with Crippen LogP contribution in [0.3, 0.4) is 0 Å². The zero-order chi connectivity index (χ0) is 15.4. The van der Waals surface area contributed by atoms with Crippen LogP contribution in [0, 0.1) is 11.6 Å². The molecule has 9 heteroatoms. The Labute approximate surface area is 123 Å². The van der Waals surface area contributed by atoms with Crippen molar-refractivity contribution in [1.29, 1.82) is 0 Å². The standard InChI is InChI=1S/C12H12ClF2N5O/c1-2-3-10(11-17-19-20-18-11)16-12(21)6-4-8(14)9(15)5-7(6)13/h4-5,10H,2-3H2,1H3,(H,16,21)(H,17,18,19,20). The first-order valence-electron chi connectivity index (χ1n) is 6.21. The first-order valence-corrected chi connectivity index (χ1v) is 6.59. The SMILES string of the molecule is CCCC(NC(=O)c1cc(F)c(F)cc1Cl)c1nn[nH]n1. The molecule has 6 nitrogen and oxygen atoms in total. The number of carbonyl (C=O) groups excluding carboxylic acids is 1. The molecular weight excluding hydrogens is 304 g/mol. The molecule has 1 amide bonds. The monoisotopic (exact) mass is 315 g/mol. The maximum absolute atomic E-state index is 13.2. The Morgan fingerprint density at radius 2 is 2.14 bits per heavy atom. The molecule has 0 aliphatic rings. The Morgan fingerprint density at radius 3 is 2.76 bits per heavy atom. The number of aromatic amines is 1. The Bertz CT molecular complexity index is 635. The van der Waals surface area contributed by atoms with E-state index < -0.39 is 23.6 Å². The molecule has 2 rings (SSSR count). The number of halogens is 3. The van der Waals surface area contributed by atoms with Gasteiger partial charge in [-0.3, -0.25) is 4.79 Å². The third-order valence-electron chi connectivity index (χ3n) is 2.81. The number of aromatic nitrogens is 4. The van der Waals surface area contributed by atoms with Crippen LogP contribution in [0.2, 0.25) is 5.02 Å². The third-order valence-corrected chi connectivity index (χ3v) is 3.12. The van der Waals surface area contributed by atoms with Crippen LogP contribution < -0.4 is 5.32 Å². The molecule has 0 bridgehead atoms. The van der Waals surface area contributed by atoms with Gasteiger partial charge in [0.15, 0.2) is 17.5 Å². The van der Waals surface area contributed by atoms with Crippen molar-refractivity contribution in [2.75, 3.05) is 0 Å². The number of tetrazole rings is 1. The highest BCUT2D eigenvalue weighted by Crippen LogP contribution is 2.21. The first-order chi connectivity index (χ1) is 10.0. The van der Waals surface area contributed by atoms with Crippen molar-refractivity contribution in [2.24, 2.45) is 0 Å². The average Bonchev–Trinajstić information content (AvgIpc) is 2.96. The van der Waals surface area contributed by atoms with Crippen LogP contribution >= 0.6 is 11.6 Å². The summed E-state index contributed by atoms with van der Waals surface area (Å²) in [7, 11) is 0. The van der Waals surface area contributed by atoms with Crippen LogP contribution in [-0.4, -0.2) is 26.5 Å². The summed E-state index contributed by atoms with van der Waals surface area (Å²) >= 11 is 5.76. The van der Waals surface area contributed by atoms with Gasteiger partial charge >= 0.3 is 0 Å². The van der Waals surface area contributed by atoms with Gasteiger partial charge in [-0.25, -0.2) is 8.78 Å². The molecule has 21 heavy (non-hydrogen) atoms. The fourth-order valence-electron chi connectivity index (χ4n) is 1.80. The fourth-order valence-corrected chi connectivity index (χ4v) is 2.04. The van der Waals surface area contributed by atoms with Gasteiger partial charge in [0.1, 0.15) is 0 Å². The number of H-pyrrole nitrogens is 1. The number of hydrogen-bond acceptors (Lipinski definition) is 4. The van der Waals surface area contributed by atoms with E-state index in [9.17, 15) is 13.6 Å². The van der Waals surface area contributed by atoms with Crippen LogP contribution in [-0.2, 0) is 0 Å². The Morgan fingerprint density at radius 1 is 1.43 bits per heavy atom. The lowest BCUT2D eigenvalue weighted by Crippen LogP contribution is -2.29. The third kappa shape index (κ3) is 3.52. The molecular formula is C12H12ClF2N5O. The second-order valence-corrected chi connectivity index (χ2v) is 4.74. The predicted octanol–water partition coefficient (Wildman–Crippen LogP) is 2.40. The molecule has 1 aromatic carbocycles. The number of nitrogens with zero attached hydrogens (tertiary/aromatic N) is 3. The molecule has 112 valence electrons.